The van der Waals surface area contributed by atoms with E-state index in [0.29, 0.717) is 22.8 Å². The van der Waals surface area contributed by atoms with E-state index in [1.807, 2.05) is 37.3 Å². The highest BCUT2D eigenvalue weighted by Crippen LogP contribution is 2.18. The summed E-state index contributed by atoms with van der Waals surface area (Å²) >= 11 is 5.96. The van der Waals surface area contributed by atoms with Gasteiger partial charge in [-0.2, -0.15) is 0 Å². The fourth-order valence-electron chi connectivity index (χ4n) is 2.07. The van der Waals surface area contributed by atoms with Crippen molar-refractivity contribution < 1.29 is 4.79 Å². The number of carbonyl (C=O) groups is 1. The summed E-state index contributed by atoms with van der Waals surface area (Å²) in [5.74, 6) is -0.0487. The number of rotatable bonds is 3. The lowest BCUT2D eigenvalue weighted by Gasteiger charge is -2.19. The van der Waals surface area contributed by atoms with Gasteiger partial charge in [0.05, 0.1) is 0 Å². The molecule has 2 aromatic carbocycles. The first-order valence-corrected chi connectivity index (χ1v) is 6.71. The number of aryl methyl sites for hydroxylation is 1. The van der Waals surface area contributed by atoms with Crippen molar-refractivity contribution in [3.05, 3.63) is 64.2 Å². The molecule has 0 aromatic heterocycles. The predicted molar refractivity (Wildman–Crippen MR) is 82.8 cm³/mol. The van der Waals surface area contributed by atoms with E-state index >= 15 is 0 Å². The molecule has 4 heteroatoms. The number of hydrogen-bond acceptors (Lipinski definition) is 2. The van der Waals surface area contributed by atoms with Gasteiger partial charge in [-0.1, -0.05) is 29.8 Å². The molecule has 2 aromatic rings. The van der Waals surface area contributed by atoms with E-state index < -0.39 is 0 Å². The van der Waals surface area contributed by atoms with Gasteiger partial charge in [-0.05, 0) is 42.3 Å². The van der Waals surface area contributed by atoms with Crippen LogP contribution in [0, 0.1) is 6.92 Å². The van der Waals surface area contributed by atoms with E-state index in [4.69, 9.17) is 17.3 Å². The van der Waals surface area contributed by atoms with Gasteiger partial charge in [0.1, 0.15) is 0 Å². The Balaban J connectivity index is 2.18. The van der Waals surface area contributed by atoms with Gasteiger partial charge in [-0.3, -0.25) is 4.79 Å². The van der Waals surface area contributed by atoms with Gasteiger partial charge in [0.25, 0.3) is 5.91 Å². The van der Waals surface area contributed by atoms with Gasteiger partial charge in [-0.25, -0.2) is 0 Å². The molecule has 2 N–H and O–H groups in total. The third kappa shape index (κ3) is 3.31. The van der Waals surface area contributed by atoms with E-state index in [1.165, 1.54) is 0 Å². The molecular formula is C16H17ClN2O. The zero-order chi connectivity index (χ0) is 14.7. The maximum absolute atomic E-state index is 12.4. The van der Waals surface area contributed by atoms with Crippen molar-refractivity contribution in [1.29, 1.82) is 0 Å². The maximum Gasteiger partial charge on any atom is 0.254 e. The molecule has 104 valence electrons. The maximum atomic E-state index is 12.4. The molecule has 0 heterocycles. The molecule has 0 saturated carbocycles. The Morgan fingerprint density at radius 1 is 1.25 bits per heavy atom. The molecule has 0 radical (unpaired) electrons. The predicted octanol–water partition coefficient (Wildman–Crippen LogP) is 3.50. The summed E-state index contributed by atoms with van der Waals surface area (Å²) in [4.78, 5) is 14.1. The number of hydrogen-bond donors (Lipinski definition) is 1. The smallest absolute Gasteiger partial charge is 0.254 e. The van der Waals surface area contributed by atoms with Crippen LogP contribution in [0.5, 0.6) is 0 Å². The molecule has 0 bridgehead atoms. The van der Waals surface area contributed by atoms with Gasteiger partial charge in [0.15, 0.2) is 0 Å². The van der Waals surface area contributed by atoms with E-state index in [1.54, 1.807) is 24.1 Å². The van der Waals surface area contributed by atoms with Gasteiger partial charge in [0.2, 0.25) is 0 Å². The molecule has 0 saturated heterocycles. The summed E-state index contributed by atoms with van der Waals surface area (Å²) in [6, 6.07) is 12.9. The van der Waals surface area contributed by atoms with Crippen molar-refractivity contribution in [3.63, 3.8) is 0 Å². The zero-order valence-corrected chi connectivity index (χ0v) is 12.3. The van der Waals surface area contributed by atoms with Crippen LogP contribution in [0.2, 0.25) is 5.02 Å². The summed E-state index contributed by atoms with van der Waals surface area (Å²) in [5, 5.41) is 0.566. The number of nitrogens with two attached hydrogens (primary N) is 1. The number of amides is 1. The Morgan fingerprint density at radius 2 is 2.00 bits per heavy atom. The van der Waals surface area contributed by atoms with Crippen LogP contribution in [0.3, 0.4) is 0 Å². The van der Waals surface area contributed by atoms with Crippen LogP contribution in [0.15, 0.2) is 42.5 Å². The largest absolute Gasteiger partial charge is 0.399 e. The van der Waals surface area contributed by atoms with Crippen LogP contribution in [-0.2, 0) is 6.54 Å². The minimum Gasteiger partial charge on any atom is -0.399 e. The molecule has 0 fully saturated rings. The standard InChI is InChI=1S/C16H17ClN2O/c1-11-6-7-13(17)9-15(11)16(20)19(2)10-12-4-3-5-14(18)8-12/h3-9H,10,18H2,1-2H3. The third-order valence-electron chi connectivity index (χ3n) is 3.15. The Labute approximate surface area is 124 Å². The molecule has 3 nitrogen and oxygen atoms in total. The van der Waals surface area contributed by atoms with Crippen LogP contribution < -0.4 is 5.73 Å². The van der Waals surface area contributed by atoms with Crippen LogP contribution in [0.4, 0.5) is 5.69 Å². The topological polar surface area (TPSA) is 46.3 Å². The van der Waals surface area contributed by atoms with E-state index in [-0.39, 0.29) is 5.91 Å². The summed E-state index contributed by atoms with van der Waals surface area (Å²) in [7, 11) is 1.77. The molecular weight excluding hydrogens is 272 g/mol. The monoisotopic (exact) mass is 288 g/mol. The normalized spacial score (nSPS) is 10.3. The molecule has 2 rings (SSSR count). The van der Waals surface area contributed by atoms with E-state index in [0.717, 1.165) is 11.1 Å². The Kier molecular flexibility index (Phi) is 4.30. The first-order valence-electron chi connectivity index (χ1n) is 6.33. The quantitative estimate of drug-likeness (QED) is 0.879. The molecule has 0 atom stereocenters. The number of halogens is 1. The number of carbonyl (C=O) groups excluding carboxylic acids is 1. The lowest BCUT2D eigenvalue weighted by molar-refractivity contribution is 0.0784. The Bertz CT molecular complexity index is 640. The average molecular weight is 289 g/mol. The Morgan fingerprint density at radius 3 is 2.70 bits per heavy atom. The van der Waals surface area contributed by atoms with Crippen molar-refractivity contribution in [2.75, 3.05) is 12.8 Å². The van der Waals surface area contributed by atoms with Crippen molar-refractivity contribution >= 4 is 23.2 Å². The van der Waals surface area contributed by atoms with Crippen LogP contribution in [0.25, 0.3) is 0 Å². The fraction of sp³-hybridized carbons (Fsp3) is 0.188. The minimum absolute atomic E-state index is 0.0487. The highest BCUT2D eigenvalue weighted by molar-refractivity contribution is 6.31. The van der Waals surface area contributed by atoms with E-state index in [9.17, 15) is 4.79 Å². The molecule has 0 unspecified atom stereocenters. The van der Waals surface area contributed by atoms with Crippen LogP contribution in [0.1, 0.15) is 21.5 Å². The van der Waals surface area contributed by atoms with Crippen molar-refractivity contribution in [2.24, 2.45) is 0 Å². The molecule has 0 aliphatic heterocycles. The third-order valence-corrected chi connectivity index (χ3v) is 3.38. The Hall–Kier alpha value is -2.00. The average Bonchev–Trinajstić information content (AvgIpc) is 2.40. The second-order valence-corrected chi connectivity index (χ2v) is 5.30. The summed E-state index contributed by atoms with van der Waals surface area (Å²) < 4.78 is 0. The second kappa shape index (κ2) is 5.97. The fourth-order valence-corrected chi connectivity index (χ4v) is 2.24. The lowest BCUT2D eigenvalue weighted by Crippen LogP contribution is -2.26. The molecule has 0 aliphatic carbocycles. The van der Waals surface area contributed by atoms with E-state index in [2.05, 4.69) is 0 Å². The molecule has 0 spiro atoms. The number of nitrogen functional groups attached to an aromatic ring is 1. The minimum atomic E-state index is -0.0487. The lowest BCUT2D eigenvalue weighted by atomic mass is 10.1. The number of benzene rings is 2. The number of nitrogens with zero attached hydrogens (tertiary/aromatic N) is 1. The van der Waals surface area contributed by atoms with Gasteiger partial charge in [0, 0.05) is 29.9 Å². The van der Waals surface area contributed by atoms with Crippen molar-refractivity contribution in [1.82, 2.24) is 4.90 Å². The first-order chi connectivity index (χ1) is 9.47. The van der Waals surface area contributed by atoms with Crippen molar-refractivity contribution in [2.45, 2.75) is 13.5 Å². The van der Waals surface area contributed by atoms with Crippen LogP contribution in [-0.4, -0.2) is 17.9 Å². The van der Waals surface area contributed by atoms with Gasteiger partial charge >= 0.3 is 0 Å². The van der Waals surface area contributed by atoms with Crippen LogP contribution >= 0.6 is 11.6 Å². The zero-order valence-electron chi connectivity index (χ0n) is 11.6. The number of anilines is 1. The molecule has 20 heavy (non-hydrogen) atoms. The SMILES string of the molecule is Cc1ccc(Cl)cc1C(=O)N(C)Cc1cccc(N)c1. The summed E-state index contributed by atoms with van der Waals surface area (Å²) in [5.41, 5.74) is 8.99. The molecule has 1 amide bonds. The van der Waals surface area contributed by atoms with Gasteiger partial charge in [-0.15, -0.1) is 0 Å². The van der Waals surface area contributed by atoms with Crippen molar-refractivity contribution in [3.8, 4) is 0 Å². The summed E-state index contributed by atoms with van der Waals surface area (Å²) in [6.07, 6.45) is 0. The first kappa shape index (κ1) is 14.4. The second-order valence-electron chi connectivity index (χ2n) is 4.87. The summed E-state index contributed by atoms with van der Waals surface area (Å²) in [6.45, 7) is 2.41. The highest BCUT2D eigenvalue weighted by atomic mass is 35.5. The molecule has 0 aliphatic rings. The van der Waals surface area contributed by atoms with Gasteiger partial charge < -0.3 is 10.6 Å². The highest BCUT2D eigenvalue weighted by Gasteiger charge is 2.14.